The molecule has 0 aliphatic carbocycles. The first kappa shape index (κ1) is 12.9. The van der Waals surface area contributed by atoms with Gasteiger partial charge >= 0.3 is 0 Å². The van der Waals surface area contributed by atoms with Crippen LogP contribution in [0.5, 0.6) is 5.75 Å². The molecule has 2 unspecified atom stereocenters. The Morgan fingerprint density at radius 3 is 3.11 bits per heavy atom. The van der Waals surface area contributed by atoms with Gasteiger partial charge in [0.2, 0.25) is 5.91 Å². The van der Waals surface area contributed by atoms with E-state index in [9.17, 15) is 4.79 Å². The number of primary amides is 1. The summed E-state index contributed by atoms with van der Waals surface area (Å²) in [6.07, 6.45) is 1.85. The number of amides is 1. The lowest BCUT2D eigenvalue weighted by atomic mass is 9.86. The first-order valence-electron chi connectivity index (χ1n) is 6.48. The zero-order chi connectivity index (χ0) is 13.0. The highest BCUT2D eigenvalue weighted by atomic mass is 16.5. The molecule has 4 heteroatoms. The summed E-state index contributed by atoms with van der Waals surface area (Å²) in [6, 6.07) is 7.89. The maximum atomic E-state index is 11.5. The Labute approximate surface area is 108 Å². The summed E-state index contributed by atoms with van der Waals surface area (Å²) in [6.45, 7) is 3.52. The number of hydrogen-bond donors (Lipinski definition) is 2. The third-order valence-corrected chi connectivity index (χ3v) is 3.35. The van der Waals surface area contributed by atoms with Gasteiger partial charge in [0.05, 0.1) is 12.5 Å². The first-order valence-corrected chi connectivity index (χ1v) is 6.48. The monoisotopic (exact) mass is 248 g/mol. The van der Waals surface area contributed by atoms with E-state index in [1.807, 2.05) is 31.2 Å². The van der Waals surface area contributed by atoms with Crippen molar-refractivity contribution in [3.05, 3.63) is 29.8 Å². The van der Waals surface area contributed by atoms with Crippen LogP contribution < -0.4 is 15.8 Å². The minimum Gasteiger partial charge on any atom is -0.494 e. The minimum atomic E-state index is -0.228. The average molecular weight is 248 g/mol. The number of carbonyl (C=O) groups excluding carboxylic acids is 1. The number of hydrogen-bond acceptors (Lipinski definition) is 3. The van der Waals surface area contributed by atoms with Gasteiger partial charge in [0, 0.05) is 6.04 Å². The molecule has 2 atom stereocenters. The van der Waals surface area contributed by atoms with Crippen LogP contribution in [0.15, 0.2) is 24.3 Å². The SMILES string of the molecule is CCOc1cccc(C2NCCCC2C(N)=O)c1. The largest absolute Gasteiger partial charge is 0.494 e. The molecule has 1 saturated heterocycles. The Bertz CT molecular complexity index is 420. The molecule has 1 amide bonds. The summed E-state index contributed by atoms with van der Waals surface area (Å²) < 4.78 is 5.49. The van der Waals surface area contributed by atoms with Crippen LogP contribution in [-0.4, -0.2) is 19.1 Å². The summed E-state index contributed by atoms with van der Waals surface area (Å²) >= 11 is 0. The van der Waals surface area contributed by atoms with Gasteiger partial charge in [-0.05, 0) is 44.0 Å². The highest BCUT2D eigenvalue weighted by Gasteiger charge is 2.30. The first-order chi connectivity index (χ1) is 8.72. The number of rotatable bonds is 4. The highest BCUT2D eigenvalue weighted by molar-refractivity contribution is 5.77. The van der Waals surface area contributed by atoms with Crippen molar-refractivity contribution in [3.8, 4) is 5.75 Å². The van der Waals surface area contributed by atoms with Crippen LogP contribution in [0.2, 0.25) is 0 Å². The minimum absolute atomic E-state index is 0.0108. The van der Waals surface area contributed by atoms with Gasteiger partial charge in [0.1, 0.15) is 5.75 Å². The number of nitrogens with one attached hydrogen (secondary N) is 1. The van der Waals surface area contributed by atoms with Crippen molar-refractivity contribution >= 4 is 5.91 Å². The lowest BCUT2D eigenvalue weighted by Crippen LogP contribution is -2.40. The van der Waals surface area contributed by atoms with E-state index >= 15 is 0 Å². The number of carbonyl (C=O) groups is 1. The van der Waals surface area contributed by atoms with Crippen LogP contribution >= 0.6 is 0 Å². The van der Waals surface area contributed by atoms with Gasteiger partial charge in [-0.1, -0.05) is 12.1 Å². The zero-order valence-corrected chi connectivity index (χ0v) is 10.7. The number of benzene rings is 1. The van der Waals surface area contributed by atoms with Gasteiger partial charge in [-0.3, -0.25) is 4.79 Å². The molecule has 1 heterocycles. The molecule has 1 aliphatic rings. The molecule has 3 N–H and O–H groups in total. The molecule has 1 aliphatic heterocycles. The molecule has 0 radical (unpaired) electrons. The van der Waals surface area contributed by atoms with Crippen molar-refractivity contribution < 1.29 is 9.53 Å². The summed E-state index contributed by atoms with van der Waals surface area (Å²) in [5.74, 6) is 0.482. The lowest BCUT2D eigenvalue weighted by molar-refractivity contribution is -0.123. The summed E-state index contributed by atoms with van der Waals surface area (Å²) in [5, 5.41) is 3.38. The maximum absolute atomic E-state index is 11.5. The normalized spacial score (nSPS) is 23.6. The van der Waals surface area contributed by atoms with Crippen molar-refractivity contribution in [2.24, 2.45) is 11.7 Å². The van der Waals surface area contributed by atoms with Gasteiger partial charge in [0.15, 0.2) is 0 Å². The predicted molar refractivity (Wildman–Crippen MR) is 70.3 cm³/mol. The fourth-order valence-electron chi connectivity index (χ4n) is 2.51. The molecule has 0 saturated carbocycles. The van der Waals surface area contributed by atoms with Gasteiger partial charge < -0.3 is 15.8 Å². The third-order valence-electron chi connectivity index (χ3n) is 3.35. The van der Waals surface area contributed by atoms with Crippen molar-refractivity contribution in [2.75, 3.05) is 13.2 Å². The fourth-order valence-corrected chi connectivity index (χ4v) is 2.51. The van der Waals surface area contributed by atoms with Crippen molar-refractivity contribution in [2.45, 2.75) is 25.8 Å². The molecule has 0 spiro atoms. The second kappa shape index (κ2) is 5.87. The lowest BCUT2D eigenvalue weighted by Gasteiger charge is -2.31. The van der Waals surface area contributed by atoms with E-state index in [1.165, 1.54) is 0 Å². The Hall–Kier alpha value is -1.55. The van der Waals surface area contributed by atoms with E-state index in [0.29, 0.717) is 6.61 Å². The Morgan fingerprint density at radius 2 is 2.39 bits per heavy atom. The van der Waals surface area contributed by atoms with Crippen LogP contribution in [0.3, 0.4) is 0 Å². The Morgan fingerprint density at radius 1 is 1.56 bits per heavy atom. The summed E-state index contributed by atoms with van der Waals surface area (Å²) in [7, 11) is 0. The van der Waals surface area contributed by atoms with Crippen LogP contribution in [0.1, 0.15) is 31.4 Å². The van der Waals surface area contributed by atoms with Gasteiger partial charge in [-0.2, -0.15) is 0 Å². The molecule has 98 valence electrons. The van der Waals surface area contributed by atoms with Crippen LogP contribution in [0.25, 0.3) is 0 Å². The molecular weight excluding hydrogens is 228 g/mol. The quantitative estimate of drug-likeness (QED) is 0.851. The number of nitrogens with two attached hydrogens (primary N) is 1. The molecule has 18 heavy (non-hydrogen) atoms. The Kier molecular flexibility index (Phi) is 4.20. The molecule has 4 nitrogen and oxygen atoms in total. The number of piperidine rings is 1. The standard InChI is InChI=1S/C14H20N2O2/c1-2-18-11-6-3-5-10(9-11)13-12(14(15)17)7-4-8-16-13/h3,5-6,9,12-13,16H,2,4,7-8H2,1H3,(H2,15,17). The third kappa shape index (κ3) is 2.82. The van der Waals surface area contributed by atoms with E-state index in [1.54, 1.807) is 0 Å². The molecular formula is C14H20N2O2. The maximum Gasteiger partial charge on any atom is 0.222 e. The highest BCUT2D eigenvalue weighted by Crippen LogP contribution is 2.30. The fraction of sp³-hybridized carbons (Fsp3) is 0.500. The topological polar surface area (TPSA) is 64.3 Å². The Balaban J connectivity index is 2.22. The molecule has 1 fully saturated rings. The van der Waals surface area contributed by atoms with E-state index < -0.39 is 0 Å². The van der Waals surface area contributed by atoms with Crippen molar-refractivity contribution in [1.82, 2.24) is 5.32 Å². The molecule has 0 bridgehead atoms. The molecule has 2 rings (SSSR count). The zero-order valence-electron chi connectivity index (χ0n) is 10.7. The molecule has 1 aromatic carbocycles. The summed E-state index contributed by atoms with van der Waals surface area (Å²) in [5.41, 5.74) is 6.56. The second-order valence-electron chi connectivity index (χ2n) is 4.59. The van der Waals surface area contributed by atoms with Crippen molar-refractivity contribution in [3.63, 3.8) is 0 Å². The average Bonchev–Trinajstić information content (AvgIpc) is 2.39. The molecule has 1 aromatic rings. The van der Waals surface area contributed by atoms with E-state index in [2.05, 4.69) is 5.32 Å². The van der Waals surface area contributed by atoms with Crippen LogP contribution in [0.4, 0.5) is 0 Å². The van der Waals surface area contributed by atoms with Gasteiger partial charge in [-0.15, -0.1) is 0 Å². The van der Waals surface area contributed by atoms with E-state index in [4.69, 9.17) is 10.5 Å². The smallest absolute Gasteiger partial charge is 0.222 e. The second-order valence-corrected chi connectivity index (χ2v) is 4.59. The van der Waals surface area contributed by atoms with Gasteiger partial charge in [-0.25, -0.2) is 0 Å². The molecule has 0 aromatic heterocycles. The van der Waals surface area contributed by atoms with E-state index in [-0.39, 0.29) is 17.9 Å². The van der Waals surface area contributed by atoms with Crippen LogP contribution in [0, 0.1) is 5.92 Å². The predicted octanol–water partition coefficient (Wildman–Crippen LogP) is 1.61. The number of ether oxygens (including phenoxy) is 1. The van der Waals surface area contributed by atoms with E-state index in [0.717, 1.165) is 30.7 Å². The van der Waals surface area contributed by atoms with Crippen molar-refractivity contribution in [1.29, 1.82) is 0 Å². The van der Waals surface area contributed by atoms with Crippen LogP contribution in [-0.2, 0) is 4.79 Å². The summed E-state index contributed by atoms with van der Waals surface area (Å²) in [4.78, 5) is 11.5. The van der Waals surface area contributed by atoms with Gasteiger partial charge in [0.25, 0.3) is 0 Å².